The van der Waals surface area contributed by atoms with Crippen molar-refractivity contribution in [2.75, 3.05) is 19.0 Å². The van der Waals surface area contributed by atoms with Crippen molar-refractivity contribution in [1.82, 2.24) is 4.90 Å². The van der Waals surface area contributed by atoms with E-state index in [0.29, 0.717) is 25.8 Å². The molecule has 0 saturated carbocycles. The van der Waals surface area contributed by atoms with Crippen LogP contribution in [0.15, 0.2) is 48.5 Å². The number of anilines is 1. The molecule has 1 aliphatic rings. The number of nitrogens with one attached hydrogen (secondary N) is 1. The van der Waals surface area contributed by atoms with Gasteiger partial charge < -0.3 is 15.0 Å². The number of para-hydroxylation sites is 1. The van der Waals surface area contributed by atoms with Crippen molar-refractivity contribution in [2.45, 2.75) is 39.2 Å². The topological polar surface area (TPSA) is 58.6 Å². The Balaban J connectivity index is 1.63. The Morgan fingerprint density at radius 3 is 2.79 bits per heavy atom. The Morgan fingerprint density at radius 2 is 2.04 bits per heavy atom. The average molecular weight is 380 g/mol. The van der Waals surface area contributed by atoms with E-state index in [1.54, 1.807) is 7.11 Å². The molecule has 0 spiro atoms. The lowest BCUT2D eigenvalue weighted by Gasteiger charge is -2.30. The summed E-state index contributed by atoms with van der Waals surface area (Å²) in [4.78, 5) is 27.2. The van der Waals surface area contributed by atoms with E-state index in [2.05, 4.69) is 5.32 Å². The van der Waals surface area contributed by atoms with Crippen LogP contribution in [-0.2, 0) is 16.0 Å². The number of carbonyl (C=O) groups excluding carboxylic acids is 2. The molecule has 1 heterocycles. The molecular formula is C23H28N2O3. The molecule has 3 rings (SSSR count). The van der Waals surface area contributed by atoms with E-state index >= 15 is 0 Å². The number of nitrogens with zero attached hydrogens (tertiary/aromatic N) is 1. The van der Waals surface area contributed by atoms with E-state index in [4.69, 9.17) is 4.74 Å². The number of benzene rings is 2. The highest BCUT2D eigenvalue weighted by Crippen LogP contribution is 2.29. The number of rotatable bonds is 7. The van der Waals surface area contributed by atoms with E-state index in [9.17, 15) is 9.59 Å². The normalized spacial score (nSPS) is 16.7. The van der Waals surface area contributed by atoms with E-state index in [-0.39, 0.29) is 23.8 Å². The van der Waals surface area contributed by atoms with Gasteiger partial charge in [0.1, 0.15) is 5.75 Å². The van der Waals surface area contributed by atoms with Crippen LogP contribution < -0.4 is 10.1 Å². The molecule has 2 unspecified atom stereocenters. The summed E-state index contributed by atoms with van der Waals surface area (Å²) in [5.41, 5.74) is 3.06. The highest BCUT2D eigenvalue weighted by molar-refractivity contribution is 5.96. The van der Waals surface area contributed by atoms with E-state index < -0.39 is 0 Å². The number of methoxy groups -OCH3 is 1. The van der Waals surface area contributed by atoms with Gasteiger partial charge in [-0.05, 0) is 56.0 Å². The van der Waals surface area contributed by atoms with Gasteiger partial charge in [0, 0.05) is 24.6 Å². The summed E-state index contributed by atoms with van der Waals surface area (Å²) in [5, 5.41) is 2.96. The molecule has 0 fully saturated rings. The summed E-state index contributed by atoms with van der Waals surface area (Å²) in [6.45, 7) is 4.63. The lowest BCUT2D eigenvalue weighted by atomic mass is 9.89. The van der Waals surface area contributed by atoms with Gasteiger partial charge >= 0.3 is 0 Å². The summed E-state index contributed by atoms with van der Waals surface area (Å²) in [5.74, 6) is 0.704. The minimum Gasteiger partial charge on any atom is -0.497 e. The molecule has 1 N–H and O–H groups in total. The molecular weight excluding hydrogens is 352 g/mol. The average Bonchev–Trinajstić information content (AvgIpc) is 2.72. The number of hydrogen-bond donors (Lipinski definition) is 1. The molecule has 5 nitrogen and oxygen atoms in total. The molecule has 2 amide bonds. The van der Waals surface area contributed by atoms with Crippen LogP contribution in [0.2, 0.25) is 0 Å². The zero-order valence-electron chi connectivity index (χ0n) is 16.8. The Hall–Kier alpha value is -2.82. The maximum absolute atomic E-state index is 12.9. The number of carbonyl (C=O) groups is 2. The maximum atomic E-state index is 12.9. The van der Waals surface area contributed by atoms with Crippen LogP contribution in [0, 0.1) is 5.92 Å². The lowest BCUT2D eigenvalue weighted by Crippen LogP contribution is -2.35. The first kappa shape index (κ1) is 19.9. The number of fused-ring (bicyclic) bond motifs is 1. The lowest BCUT2D eigenvalue weighted by molar-refractivity contribution is -0.133. The molecule has 148 valence electrons. The molecule has 2 aromatic carbocycles. The molecule has 2 atom stereocenters. The summed E-state index contributed by atoms with van der Waals surface area (Å²) in [7, 11) is 1.64. The zero-order valence-corrected chi connectivity index (χ0v) is 16.8. The predicted molar refractivity (Wildman–Crippen MR) is 110 cm³/mol. The largest absolute Gasteiger partial charge is 0.497 e. The van der Waals surface area contributed by atoms with Gasteiger partial charge in [0.05, 0.1) is 13.2 Å². The fraction of sp³-hybridized carbons (Fsp3) is 0.391. The van der Waals surface area contributed by atoms with Crippen LogP contribution in [0.4, 0.5) is 5.69 Å². The van der Waals surface area contributed by atoms with Gasteiger partial charge in [0.25, 0.3) is 0 Å². The van der Waals surface area contributed by atoms with Crippen molar-refractivity contribution in [3.05, 3.63) is 59.7 Å². The van der Waals surface area contributed by atoms with Crippen molar-refractivity contribution in [1.29, 1.82) is 0 Å². The molecule has 0 aliphatic carbocycles. The second-order valence-corrected chi connectivity index (χ2v) is 7.22. The monoisotopic (exact) mass is 380 g/mol. The fourth-order valence-corrected chi connectivity index (χ4v) is 3.84. The molecule has 1 aliphatic heterocycles. The van der Waals surface area contributed by atoms with E-state index in [1.165, 1.54) is 0 Å². The van der Waals surface area contributed by atoms with Gasteiger partial charge in [-0.1, -0.05) is 30.3 Å². The zero-order chi connectivity index (χ0) is 20.1. The second kappa shape index (κ2) is 8.91. The number of amides is 2. The van der Waals surface area contributed by atoms with Gasteiger partial charge in [-0.3, -0.25) is 9.59 Å². The summed E-state index contributed by atoms with van der Waals surface area (Å²) in [6.07, 6.45) is 1.61. The number of ether oxygens (including phenoxy) is 1. The van der Waals surface area contributed by atoms with Gasteiger partial charge in [-0.25, -0.2) is 0 Å². The third-order valence-electron chi connectivity index (χ3n) is 5.52. The molecule has 0 radical (unpaired) electrons. The SMILES string of the molecule is CCN(C(=O)CCC1Cc2ccccc2NC1=O)C(C)c1cccc(OC)c1. The van der Waals surface area contributed by atoms with Crippen molar-refractivity contribution >= 4 is 17.5 Å². The van der Waals surface area contributed by atoms with Crippen molar-refractivity contribution in [2.24, 2.45) is 5.92 Å². The third kappa shape index (κ3) is 4.35. The predicted octanol–water partition coefficient (Wildman–Crippen LogP) is 4.20. The van der Waals surface area contributed by atoms with Crippen LogP contribution in [0.3, 0.4) is 0 Å². The maximum Gasteiger partial charge on any atom is 0.227 e. The summed E-state index contributed by atoms with van der Waals surface area (Å²) < 4.78 is 5.30. The molecule has 5 heteroatoms. The van der Waals surface area contributed by atoms with Gasteiger partial charge in [0.15, 0.2) is 0 Å². The third-order valence-corrected chi connectivity index (χ3v) is 5.52. The first-order valence-electron chi connectivity index (χ1n) is 9.85. The first-order chi connectivity index (χ1) is 13.5. The number of hydrogen-bond acceptors (Lipinski definition) is 3. The van der Waals surface area contributed by atoms with Crippen molar-refractivity contribution < 1.29 is 14.3 Å². The Kier molecular flexibility index (Phi) is 6.34. The van der Waals surface area contributed by atoms with Crippen molar-refractivity contribution in [3.8, 4) is 5.75 Å². The van der Waals surface area contributed by atoms with Gasteiger partial charge in [0.2, 0.25) is 11.8 Å². The molecule has 0 bridgehead atoms. The fourth-order valence-electron chi connectivity index (χ4n) is 3.84. The van der Waals surface area contributed by atoms with Crippen LogP contribution in [0.5, 0.6) is 5.75 Å². The molecule has 0 saturated heterocycles. The van der Waals surface area contributed by atoms with E-state index in [1.807, 2.05) is 67.3 Å². The van der Waals surface area contributed by atoms with Crippen molar-refractivity contribution in [3.63, 3.8) is 0 Å². The molecule has 0 aromatic heterocycles. The smallest absolute Gasteiger partial charge is 0.227 e. The first-order valence-corrected chi connectivity index (χ1v) is 9.85. The highest BCUT2D eigenvalue weighted by Gasteiger charge is 2.28. The highest BCUT2D eigenvalue weighted by atomic mass is 16.5. The van der Waals surface area contributed by atoms with E-state index in [0.717, 1.165) is 22.6 Å². The minimum atomic E-state index is -0.162. The standard InChI is InChI=1S/C23H28N2O3/c1-4-25(16(2)17-9-7-10-20(15-17)28-3)22(26)13-12-19-14-18-8-5-6-11-21(18)24-23(19)27/h5-11,15-16,19H,4,12-14H2,1-3H3,(H,24,27). The molecule has 28 heavy (non-hydrogen) atoms. The van der Waals surface area contributed by atoms with Crippen LogP contribution in [-0.4, -0.2) is 30.4 Å². The van der Waals surface area contributed by atoms with Gasteiger partial charge in [-0.2, -0.15) is 0 Å². The Bertz CT molecular complexity index is 849. The van der Waals surface area contributed by atoms with Gasteiger partial charge in [-0.15, -0.1) is 0 Å². The summed E-state index contributed by atoms with van der Waals surface area (Å²) in [6, 6.07) is 15.6. The minimum absolute atomic E-state index is 0.00962. The Morgan fingerprint density at radius 1 is 1.25 bits per heavy atom. The Labute approximate surface area is 166 Å². The second-order valence-electron chi connectivity index (χ2n) is 7.22. The van der Waals surface area contributed by atoms with Crippen LogP contribution >= 0.6 is 0 Å². The molecule has 2 aromatic rings. The quantitative estimate of drug-likeness (QED) is 0.783. The summed E-state index contributed by atoms with van der Waals surface area (Å²) >= 11 is 0. The van der Waals surface area contributed by atoms with Crippen LogP contribution in [0.25, 0.3) is 0 Å². The van der Waals surface area contributed by atoms with Crippen LogP contribution in [0.1, 0.15) is 43.9 Å².